The molecule has 1 fully saturated rings. The third-order valence-electron chi connectivity index (χ3n) is 5.01. The first-order valence-electron chi connectivity index (χ1n) is 9.00. The van der Waals surface area contributed by atoms with Crippen molar-refractivity contribution in [2.75, 3.05) is 18.4 Å². The van der Waals surface area contributed by atoms with Crippen molar-refractivity contribution in [2.45, 2.75) is 18.9 Å². The van der Waals surface area contributed by atoms with Crippen LogP contribution in [-0.4, -0.2) is 33.6 Å². The van der Waals surface area contributed by atoms with Crippen molar-refractivity contribution < 1.29 is 13.6 Å². The molecule has 0 unspecified atom stereocenters. The van der Waals surface area contributed by atoms with Gasteiger partial charge < -0.3 is 10.2 Å². The van der Waals surface area contributed by atoms with Crippen molar-refractivity contribution in [2.24, 2.45) is 0 Å². The number of hydrogen-bond acceptors (Lipinski definition) is 3. The molecule has 144 valence electrons. The normalized spacial score (nSPS) is 15.0. The van der Waals surface area contributed by atoms with Crippen LogP contribution in [0.15, 0.2) is 53.6 Å². The van der Waals surface area contributed by atoms with E-state index in [9.17, 15) is 18.4 Å². The predicted octanol–water partition coefficient (Wildman–Crippen LogP) is 3.54. The largest absolute Gasteiger partial charge is 0.324 e. The maximum atomic E-state index is 13.7. The highest BCUT2D eigenvalue weighted by Gasteiger charge is 2.25. The molecule has 0 aliphatic carbocycles. The van der Waals surface area contributed by atoms with Gasteiger partial charge in [-0.2, -0.15) is 0 Å². The number of likely N-dealkylation sites (tertiary alicyclic amines) is 1. The van der Waals surface area contributed by atoms with Crippen molar-refractivity contribution in [3.8, 4) is 0 Å². The van der Waals surface area contributed by atoms with Crippen LogP contribution in [0.5, 0.6) is 0 Å². The molecule has 0 radical (unpaired) electrons. The second kappa shape index (κ2) is 7.38. The molecule has 28 heavy (non-hydrogen) atoms. The number of halogens is 2. The van der Waals surface area contributed by atoms with Crippen LogP contribution in [0.2, 0.25) is 0 Å². The van der Waals surface area contributed by atoms with Gasteiger partial charge in [0.05, 0.1) is 22.9 Å². The Labute approximate surface area is 159 Å². The molecule has 0 spiro atoms. The Morgan fingerprint density at radius 2 is 1.86 bits per heavy atom. The van der Waals surface area contributed by atoms with Gasteiger partial charge in [0, 0.05) is 19.1 Å². The lowest BCUT2D eigenvalue weighted by atomic mass is 10.0. The van der Waals surface area contributed by atoms with E-state index in [4.69, 9.17) is 0 Å². The molecule has 0 bridgehead atoms. The molecule has 4 rings (SSSR count). The van der Waals surface area contributed by atoms with Gasteiger partial charge in [0.25, 0.3) is 5.56 Å². The van der Waals surface area contributed by atoms with Gasteiger partial charge in [-0.3, -0.25) is 9.36 Å². The molecule has 3 aromatic rings. The van der Waals surface area contributed by atoms with E-state index in [0.717, 1.165) is 0 Å². The van der Waals surface area contributed by atoms with Gasteiger partial charge in [-0.25, -0.2) is 18.6 Å². The topological polar surface area (TPSA) is 67.2 Å². The van der Waals surface area contributed by atoms with Gasteiger partial charge in [-0.15, -0.1) is 0 Å². The van der Waals surface area contributed by atoms with Crippen LogP contribution in [0.3, 0.4) is 0 Å². The number of nitrogens with zero attached hydrogens (tertiary/aromatic N) is 3. The maximum Gasteiger partial charge on any atom is 0.321 e. The quantitative estimate of drug-likeness (QED) is 0.735. The number of benzene rings is 2. The maximum absolute atomic E-state index is 13.7. The fourth-order valence-corrected chi connectivity index (χ4v) is 3.47. The van der Waals surface area contributed by atoms with Gasteiger partial charge in [0.2, 0.25) is 0 Å². The molecule has 0 atom stereocenters. The van der Waals surface area contributed by atoms with Crippen LogP contribution >= 0.6 is 0 Å². The zero-order chi connectivity index (χ0) is 19.7. The van der Waals surface area contributed by atoms with E-state index in [1.165, 1.54) is 41.2 Å². The zero-order valence-corrected chi connectivity index (χ0v) is 14.9. The summed E-state index contributed by atoms with van der Waals surface area (Å²) >= 11 is 0. The number of fused-ring (bicyclic) bond motifs is 1. The number of urea groups is 1. The Morgan fingerprint density at radius 1 is 1.11 bits per heavy atom. The monoisotopic (exact) mass is 384 g/mol. The molecule has 1 aliphatic heterocycles. The van der Waals surface area contributed by atoms with E-state index >= 15 is 0 Å². The molecule has 1 saturated heterocycles. The first-order valence-corrected chi connectivity index (χ1v) is 9.00. The number of para-hydroxylation sites is 1. The van der Waals surface area contributed by atoms with E-state index < -0.39 is 11.6 Å². The minimum Gasteiger partial charge on any atom is -0.324 e. The number of carbonyl (C=O) groups is 1. The molecule has 2 heterocycles. The number of anilines is 1. The summed E-state index contributed by atoms with van der Waals surface area (Å²) in [7, 11) is 0. The minimum atomic E-state index is -0.494. The standard InChI is InChI=1S/C20H18F2N4O2/c21-13-5-6-17-15(11-13)19(27)26(12-23-17)14-7-9-25(10-8-14)20(28)24-18-4-2-1-3-16(18)22/h1-6,11-12,14H,7-10H2,(H,24,28). The average molecular weight is 384 g/mol. The van der Waals surface area contributed by atoms with Crippen LogP contribution in [0.4, 0.5) is 19.3 Å². The first kappa shape index (κ1) is 18.1. The molecular weight excluding hydrogens is 366 g/mol. The second-order valence-electron chi connectivity index (χ2n) is 6.75. The van der Waals surface area contributed by atoms with Gasteiger partial charge >= 0.3 is 6.03 Å². The van der Waals surface area contributed by atoms with E-state index in [-0.39, 0.29) is 28.7 Å². The SMILES string of the molecule is O=C(Nc1ccccc1F)N1CCC(n2cnc3ccc(F)cc3c2=O)CC1. The van der Waals surface area contributed by atoms with E-state index in [2.05, 4.69) is 10.3 Å². The smallest absolute Gasteiger partial charge is 0.321 e. The van der Waals surface area contributed by atoms with E-state index in [0.29, 0.717) is 31.4 Å². The second-order valence-corrected chi connectivity index (χ2v) is 6.75. The van der Waals surface area contributed by atoms with Crippen LogP contribution in [0, 0.1) is 11.6 Å². The number of hydrogen-bond donors (Lipinski definition) is 1. The molecule has 6 nitrogen and oxygen atoms in total. The lowest BCUT2D eigenvalue weighted by Gasteiger charge is -2.32. The van der Waals surface area contributed by atoms with Crippen LogP contribution in [-0.2, 0) is 0 Å². The lowest BCUT2D eigenvalue weighted by molar-refractivity contribution is 0.182. The summed E-state index contributed by atoms with van der Waals surface area (Å²) in [6.07, 6.45) is 2.57. The predicted molar refractivity (Wildman–Crippen MR) is 101 cm³/mol. The Morgan fingerprint density at radius 3 is 2.61 bits per heavy atom. The number of carbonyl (C=O) groups excluding carboxylic acids is 1. The summed E-state index contributed by atoms with van der Waals surface area (Å²) in [5, 5.41) is 2.80. The van der Waals surface area contributed by atoms with E-state index in [1.54, 1.807) is 17.0 Å². The third-order valence-corrected chi connectivity index (χ3v) is 5.01. The van der Waals surface area contributed by atoms with Crippen LogP contribution in [0.1, 0.15) is 18.9 Å². The fourth-order valence-electron chi connectivity index (χ4n) is 3.47. The number of nitrogens with one attached hydrogen (secondary N) is 1. The highest BCUT2D eigenvalue weighted by Crippen LogP contribution is 2.23. The van der Waals surface area contributed by atoms with Gasteiger partial charge in [-0.1, -0.05) is 12.1 Å². The van der Waals surface area contributed by atoms with Crippen molar-refractivity contribution in [1.82, 2.24) is 14.5 Å². The molecule has 2 amide bonds. The summed E-state index contributed by atoms with van der Waals surface area (Å²) in [5.74, 6) is -0.976. The fraction of sp³-hybridized carbons (Fsp3) is 0.250. The summed E-state index contributed by atoms with van der Waals surface area (Å²) in [5.41, 5.74) is 0.287. The molecular formula is C20H18F2N4O2. The molecule has 1 aliphatic rings. The summed E-state index contributed by atoms with van der Waals surface area (Å²) in [6.45, 7) is 0.831. The number of rotatable bonds is 2. The Hall–Kier alpha value is -3.29. The Balaban J connectivity index is 1.46. The van der Waals surface area contributed by atoms with Crippen molar-refractivity contribution in [1.29, 1.82) is 0 Å². The molecule has 1 N–H and O–H groups in total. The van der Waals surface area contributed by atoms with E-state index in [1.807, 2.05) is 0 Å². The van der Waals surface area contributed by atoms with Crippen LogP contribution < -0.4 is 10.9 Å². The van der Waals surface area contributed by atoms with Crippen molar-refractivity contribution in [3.63, 3.8) is 0 Å². The van der Waals surface area contributed by atoms with Crippen molar-refractivity contribution in [3.05, 3.63) is 70.8 Å². The number of piperidine rings is 1. The highest BCUT2D eigenvalue weighted by molar-refractivity contribution is 5.89. The lowest BCUT2D eigenvalue weighted by Crippen LogP contribution is -2.43. The summed E-state index contributed by atoms with van der Waals surface area (Å²) < 4.78 is 28.7. The average Bonchev–Trinajstić information content (AvgIpc) is 2.70. The number of amides is 2. The first-order chi connectivity index (χ1) is 13.5. The highest BCUT2D eigenvalue weighted by atomic mass is 19.1. The van der Waals surface area contributed by atoms with Gasteiger partial charge in [0.1, 0.15) is 11.6 Å². The van der Waals surface area contributed by atoms with Gasteiger partial charge in [0.15, 0.2) is 0 Å². The molecule has 8 heteroatoms. The minimum absolute atomic E-state index is 0.131. The van der Waals surface area contributed by atoms with Crippen LogP contribution in [0.25, 0.3) is 10.9 Å². The molecule has 0 saturated carbocycles. The Bertz CT molecular complexity index is 1090. The van der Waals surface area contributed by atoms with Gasteiger partial charge in [-0.05, 0) is 43.2 Å². The molecule has 2 aromatic carbocycles. The number of aromatic nitrogens is 2. The zero-order valence-electron chi connectivity index (χ0n) is 14.9. The van der Waals surface area contributed by atoms with Crippen molar-refractivity contribution >= 4 is 22.6 Å². The summed E-state index contributed by atoms with van der Waals surface area (Å²) in [6, 6.07) is 9.41. The third kappa shape index (κ3) is 3.45. The Kier molecular flexibility index (Phi) is 4.77. The molecule has 1 aromatic heterocycles. The summed E-state index contributed by atoms with van der Waals surface area (Å²) in [4.78, 5) is 30.9.